The number of imidazole rings is 1. The molecular weight excluding hydrogens is 400 g/mol. The molecule has 3 aromatic rings. The van der Waals surface area contributed by atoms with Crippen LogP contribution in [0.5, 0.6) is 0 Å². The first-order valence-corrected chi connectivity index (χ1v) is 9.35. The van der Waals surface area contributed by atoms with Crippen LogP contribution >= 0.6 is 11.6 Å². The summed E-state index contributed by atoms with van der Waals surface area (Å²) in [5, 5.41) is 0.181. The number of carbonyl (C=O) groups is 1. The summed E-state index contributed by atoms with van der Waals surface area (Å²) < 4.78 is 55.6. The van der Waals surface area contributed by atoms with Gasteiger partial charge >= 0.3 is 0 Å². The maximum absolute atomic E-state index is 14.0. The highest BCUT2D eigenvalue weighted by Crippen LogP contribution is 2.25. The number of carbonyl (C=O) groups excluding carboxylic acids is 1. The van der Waals surface area contributed by atoms with Crippen molar-refractivity contribution < 1.29 is 22.0 Å². The Morgan fingerprint density at radius 2 is 1.78 bits per heavy atom. The predicted octanol–water partition coefficient (Wildman–Crippen LogP) is 3.14. The summed E-state index contributed by atoms with van der Waals surface area (Å²) in [7, 11) is -2.77. The van der Waals surface area contributed by atoms with Crippen molar-refractivity contribution in [2.45, 2.75) is 4.90 Å². The highest BCUT2D eigenvalue weighted by atomic mass is 35.5. The molecule has 140 valence electrons. The molecule has 2 aromatic carbocycles. The number of nitrogens with one attached hydrogen (secondary N) is 1. The Morgan fingerprint density at radius 3 is 2.41 bits per heavy atom. The molecule has 0 bridgehead atoms. The number of hydrogen-bond acceptors (Lipinski definition) is 4. The number of benzene rings is 2. The standard InChI is InChI=1S/C17H12ClF2N3O3S/c1-23-9-14(21-16(23)15-12(19)6-3-7-13(15)20)17(24)22-27(25,26)11-5-2-4-10(18)8-11/h2-9H,1H3,(H,22,24). The van der Waals surface area contributed by atoms with E-state index < -0.39 is 33.1 Å². The Hall–Kier alpha value is -2.78. The summed E-state index contributed by atoms with van der Waals surface area (Å²) in [5.41, 5.74) is -0.738. The molecule has 0 unspecified atom stereocenters. The lowest BCUT2D eigenvalue weighted by Crippen LogP contribution is -2.30. The van der Waals surface area contributed by atoms with Gasteiger partial charge in [-0.15, -0.1) is 0 Å². The van der Waals surface area contributed by atoms with E-state index >= 15 is 0 Å². The molecular formula is C17H12ClF2N3O3S. The number of amides is 1. The molecule has 0 atom stereocenters. The number of sulfonamides is 1. The van der Waals surface area contributed by atoms with Crippen molar-refractivity contribution in [3.8, 4) is 11.4 Å². The summed E-state index contributed by atoms with van der Waals surface area (Å²) >= 11 is 5.76. The maximum atomic E-state index is 14.0. The molecule has 1 heterocycles. The molecule has 1 N–H and O–H groups in total. The lowest BCUT2D eigenvalue weighted by Gasteiger charge is -2.05. The number of hydrogen-bond donors (Lipinski definition) is 1. The fraction of sp³-hybridized carbons (Fsp3) is 0.0588. The Bertz CT molecular complexity index is 1130. The van der Waals surface area contributed by atoms with E-state index in [1.165, 1.54) is 48.1 Å². The maximum Gasteiger partial charge on any atom is 0.285 e. The number of halogens is 3. The number of aromatic nitrogens is 2. The summed E-state index contributed by atoms with van der Waals surface area (Å²) in [6.07, 6.45) is 1.17. The van der Waals surface area contributed by atoms with Gasteiger partial charge in [0, 0.05) is 18.3 Å². The molecule has 0 radical (unpaired) electrons. The van der Waals surface area contributed by atoms with Gasteiger partial charge in [0.05, 0.1) is 10.5 Å². The lowest BCUT2D eigenvalue weighted by molar-refractivity contribution is 0.0977. The average molecular weight is 412 g/mol. The zero-order valence-corrected chi connectivity index (χ0v) is 15.4. The lowest BCUT2D eigenvalue weighted by atomic mass is 10.2. The van der Waals surface area contributed by atoms with Crippen LogP contribution in [0.3, 0.4) is 0 Å². The first kappa shape index (κ1) is 19.0. The largest absolute Gasteiger partial charge is 0.333 e. The number of rotatable bonds is 4. The van der Waals surface area contributed by atoms with Crippen molar-refractivity contribution in [3.05, 3.63) is 71.0 Å². The van der Waals surface area contributed by atoms with Gasteiger partial charge in [-0.2, -0.15) is 0 Å². The molecule has 0 fully saturated rings. The van der Waals surface area contributed by atoms with Gasteiger partial charge in [0.25, 0.3) is 15.9 Å². The van der Waals surface area contributed by atoms with Crippen molar-refractivity contribution in [2.24, 2.45) is 7.05 Å². The van der Waals surface area contributed by atoms with Crippen molar-refractivity contribution in [1.82, 2.24) is 14.3 Å². The fourth-order valence-corrected chi connectivity index (χ4v) is 3.65. The Kier molecular flexibility index (Phi) is 4.99. The molecule has 0 aliphatic rings. The van der Waals surface area contributed by atoms with Gasteiger partial charge in [0.1, 0.15) is 23.2 Å². The summed E-state index contributed by atoms with van der Waals surface area (Å²) in [6.45, 7) is 0. The third-order valence-electron chi connectivity index (χ3n) is 3.63. The Balaban J connectivity index is 1.93. The van der Waals surface area contributed by atoms with E-state index in [2.05, 4.69) is 4.98 Å². The molecule has 0 aliphatic heterocycles. The SMILES string of the molecule is Cn1cc(C(=O)NS(=O)(=O)c2cccc(Cl)c2)nc1-c1c(F)cccc1F. The van der Waals surface area contributed by atoms with Crippen molar-refractivity contribution >= 4 is 27.5 Å². The topological polar surface area (TPSA) is 81.1 Å². The van der Waals surface area contributed by atoms with Crippen LogP contribution in [0.4, 0.5) is 8.78 Å². The van der Waals surface area contributed by atoms with Crippen LogP contribution in [0.1, 0.15) is 10.5 Å². The minimum absolute atomic E-state index is 0.157. The van der Waals surface area contributed by atoms with E-state index in [1.807, 2.05) is 4.72 Å². The van der Waals surface area contributed by atoms with Crippen LogP contribution in [0.25, 0.3) is 11.4 Å². The number of aryl methyl sites for hydroxylation is 1. The molecule has 0 aliphatic carbocycles. The molecule has 0 saturated heterocycles. The molecule has 10 heteroatoms. The minimum Gasteiger partial charge on any atom is -0.333 e. The van der Waals surface area contributed by atoms with E-state index in [4.69, 9.17) is 11.6 Å². The van der Waals surface area contributed by atoms with Crippen LogP contribution in [-0.4, -0.2) is 23.9 Å². The molecule has 0 spiro atoms. The third kappa shape index (κ3) is 3.83. The van der Waals surface area contributed by atoms with E-state index in [0.717, 1.165) is 12.1 Å². The molecule has 3 rings (SSSR count). The van der Waals surface area contributed by atoms with Crippen LogP contribution < -0.4 is 4.72 Å². The summed E-state index contributed by atoms with van der Waals surface area (Å²) in [6, 6.07) is 8.64. The smallest absolute Gasteiger partial charge is 0.285 e. The van der Waals surface area contributed by atoms with Crippen molar-refractivity contribution in [1.29, 1.82) is 0 Å². The van der Waals surface area contributed by atoms with E-state index in [9.17, 15) is 22.0 Å². The summed E-state index contributed by atoms with van der Waals surface area (Å²) in [5.74, 6) is -2.92. The first-order chi connectivity index (χ1) is 12.7. The average Bonchev–Trinajstić information content (AvgIpc) is 2.96. The van der Waals surface area contributed by atoms with Crippen LogP contribution in [0.2, 0.25) is 5.02 Å². The second-order valence-corrected chi connectivity index (χ2v) is 7.67. The summed E-state index contributed by atoms with van der Waals surface area (Å²) in [4.78, 5) is 16.0. The van der Waals surface area contributed by atoms with Gasteiger partial charge in [0.15, 0.2) is 0 Å². The zero-order chi connectivity index (χ0) is 19.8. The minimum atomic E-state index is -4.20. The highest BCUT2D eigenvalue weighted by molar-refractivity contribution is 7.90. The Morgan fingerprint density at radius 1 is 1.15 bits per heavy atom. The van der Waals surface area contributed by atoms with Gasteiger partial charge < -0.3 is 4.57 Å². The molecule has 1 aromatic heterocycles. The normalized spacial score (nSPS) is 11.4. The van der Waals surface area contributed by atoms with Gasteiger partial charge in [-0.3, -0.25) is 4.79 Å². The van der Waals surface area contributed by atoms with E-state index in [-0.39, 0.29) is 21.4 Å². The van der Waals surface area contributed by atoms with Crippen LogP contribution in [-0.2, 0) is 17.1 Å². The second kappa shape index (κ2) is 7.09. The number of nitrogens with zero attached hydrogens (tertiary/aromatic N) is 2. The van der Waals surface area contributed by atoms with E-state index in [1.54, 1.807) is 0 Å². The predicted molar refractivity (Wildman–Crippen MR) is 94.7 cm³/mol. The van der Waals surface area contributed by atoms with Gasteiger partial charge in [0.2, 0.25) is 0 Å². The highest BCUT2D eigenvalue weighted by Gasteiger charge is 2.23. The quantitative estimate of drug-likeness (QED) is 0.715. The van der Waals surface area contributed by atoms with Gasteiger partial charge in [-0.1, -0.05) is 23.7 Å². The molecule has 1 amide bonds. The molecule has 6 nitrogen and oxygen atoms in total. The van der Waals surface area contributed by atoms with Gasteiger partial charge in [-0.05, 0) is 30.3 Å². The van der Waals surface area contributed by atoms with E-state index in [0.29, 0.717) is 0 Å². The second-order valence-electron chi connectivity index (χ2n) is 5.55. The van der Waals surface area contributed by atoms with Gasteiger partial charge in [-0.25, -0.2) is 26.9 Å². The van der Waals surface area contributed by atoms with Crippen molar-refractivity contribution in [3.63, 3.8) is 0 Å². The monoisotopic (exact) mass is 411 g/mol. The van der Waals surface area contributed by atoms with Crippen LogP contribution in [0.15, 0.2) is 53.6 Å². The third-order valence-corrected chi connectivity index (χ3v) is 5.19. The Labute approximate surface area is 158 Å². The molecule has 27 heavy (non-hydrogen) atoms. The molecule has 0 saturated carbocycles. The first-order valence-electron chi connectivity index (χ1n) is 7.49. The zero-order valence-electron chi connectivity index (χ0n) is 13.8. The fourth-order valence-electron chi connectivity index (χ4n) is 2.39. The van der Waals surface area contributed by atoms with Crippen LogP contribution in [0, 0.1) is 11.6 Å². The van der Waals surface area contributed by atoms with Crippen molar-refractivity contribution in [2.75, 3.05) is 0 Å².